The van der Waals surface area contributed by atoms with Gasteiger partial charge in [-0.05, 0) is 24.3 Å². The number of nitrogens with one attached hydrogen (secondary N) is 1. The Kier molecular flexibility index (Phi) is 2.72. The number of sulfone groups is 1. The molecule has 0 bridgehead atoms. The molecule has 2 aromatic rings. The maximum Gasteiger partial charge on any atom is 0.271 e. The van der Waals surface area contributed by atoms with Crippen molar-refractivity contribution in [3.05, 3.63) is 58.9 Å². The Labute approximate surface area is 97.9 Å². The Morgan fingerprint density at radius 1 is 1.18 bits per heavy atom. The maximum absolute atomic E-state index is 11.5. The minimum Gasteiger partial charge on any atom is -0.298 e. The number of aromatic nitrogens is 2. The van der Waals surface area contributed by atoms with Gasteiger partial charge in [0.25, 0.3) is 5.56 Å². The second-order valence-corrected chi connectivity index (χ2v) is 5.24. The number of aromatic amines is 1. The van der Waals surface area contributed by atoms with Crippen LogP contribution in [0.25, 0.3) is 5.69 Å². The van der Waals surface area contributed by atoms with Gasteiger partial charge in [-0.3, -0.25) is 9.89 Å². The van der Waals surface area contributed by atoms with E-state index in [0.29, 0.717) is 5.69 Å². The molecule has 1 aromatic heterocycles. The summed E-state index contributed by atoms with van der Waals surface area (Å²) in [6.45, 7) is 3.25. The molecule has 0 amide bonds. The highest BCUT2D eigenvalue weighted by Crippen LogP contribution is 2.14. The monoisotopic (exact) mass is 250 g/mol. The number of rotatable bonds is 3. The van der Waals surface area contributed by atoms with E-state index in [4.69, 9.17) is 0 Å². The lowest BCUT2D eigenvalue weighted by Crippen LogP contribution is -2.13. The van der Waals surface area contributed by atoms with Crippen LogP contribution in [0.15, 0.2) is 58.2 Å². The smallest absolute Gasteiger partial charge is 0.271 e. The summed E-state index contributed by atoms with van der Waals surface area (Å²) in [5.74, 6) is 0. The molecule has 2 rings (SSSR count). The van der Waals surface area contributed by atoms with E-state index in [9.17, 15) is 13.2 Å². The third-order valence-electron chi connectivity index (χ3n) is 2.29. The number of H-pyrrole nitrogens is 1. The first kappa shape index (κ1) is 11.4. The Morgan fingerprint density at radius 3 is 2.29 bits per heavy atom. The molecule has 0 fully saturated rings. The van der Waals surface area contributed by atoms with Crippen molar-refractivity contribution < 1.29 is 8.42 Å². The molecule has 1 aromatic carbocycles. The summed E-state index contributed by atoms with van der Waals surface area (Å²) in [5, 5.41) is 3.62. The average Bonchev–Trinajstić information content (AvgIpc) is 2.76. The van der Waals surface area contributed by atoms with Crippen molar-refractivity contribution in [3.8, 4) is 5.69 Å². The van der Waals surface area contributed by atoms with Crippen molar-refractivity contribution in [2.45, 2.75) is 4.90 Å². The largest absolute Gasteiger partial charge is 0.298 e. The first-order chi connectivity index (χ1) is 8.04. The highest BCUT2D eigenvalue weighted by atomic mass is 32.2. The van der Waals surface area contributed by atoms with Gasteiger partial charge in [-0.1, -0.05) is 6.58 Å². The van der Waals surface area contributed by atoms with Crippen LogP contribution in [0.3, 0.4) is 0 Å². The van der Waals surface area contributed by atoms with Crippen LogP contribution in [0.4, 0.5) is 0 Å². The van der Waals surface area contributed by atoms with Crippen molar-refractivity contribution in [3.63, 3.8) is 0 Å². The predicted molar refractivity (Wildman–Crippen MR) is 63.8 cm³/mol. The number of hydrogen-bond acceptors (Lipinski definition) is 3. The fourth-order valence-electron chi connectivity index (χ4n) is 1.40. The molecule has 88 valence electrons. The van der Waals surface area contributed by atoms with Crippen molar-refractivity contribution >= 4 is 9.84 Å². The summed E-state index contributed by atoms with van der Waals surface area (Å²) < 4.78 is 24.3. The van der Waals surface area contributed by atoms with E-state index < -0.39 is 9.84 Å². The Hall–Kier alpha value is -2.08. The van der Waals surface area contributed by atoms with E-state index in [0.717, 1.165) is 5.41 Å². The quantitative estimate of drug-likeness (QED) is 0.886. The topological polar surface area (TPSA) is 71.9 Å². The summed E-state index contributed by atoms with van der Waals surface area (Å²) in [6.07, 6.45) is 1.51. The van der Waals surface area contributed by atoms with Gasteiger partial charge in [0, 0.05) is 17.7 Å². The Balaban J connectivity index is 2.48. The van der Waals surface area contributed by atoms with Gasteiger partial charge >= 0.3 is 0 Å². The second kappa shape index (κ2) is 4.06. The average molecular weight is 250 g/mol. The van der Waals surface area contributed by atoms with Gasteiger partial charge in [0.05, 0.1) is 10.6 Å². The summed E-state index contributed by atoms with van der Waals surface area (Å²) in [4.78, 5) is 11.5. The number of nitrogens with zero attached hydrogens (tertiary/aromatic N) is 1. The van der Waals surface area contributed by atoms with E-state index in [1.54, 1.807) is 12.1 Å². The molecule has 5 nitrogen and oxygen atoms in total. The summed E-state index contributed by atoms with van der Waals surface area (Å²) in [7, 11) is -3.43. The van der Waals surface area contributed by atoms with Gasteiger partial charge in [0.15, 0.2) is 9.84 Å². The van der Waals surface area contributed by atoms with Crippen LogP contribution in [-0.4, -0.2) is 18.2 Å². The first-order valence-corrected chi connectivity index (χ1v) is 6.33. The van der Waals surface area contributed by atoms with Crippen molar-refractivity contribution in [1.82, 2.24) is 9.78 Å². The molecular formula is C11H10N2O3S. The molecule has 0 aliphatic carbocycles. The van der Waals surface area contributed by atoms with Gasteiger partial charge in [0.2, 0.25) is 0 Å². The standard InChI is InChI=1S/C11H10N2O3S/c1-2-17(15,16)10-5-3-9(4-6-10)13-11(14)7-8-12-13/h2-8,12H,1H2. The Morgan fingerprint density at radius 2 is 1.82 bits per heavy atom. The molecule has 0 spiro atoms. The molecule has 1 heterocycles. The van der Waals surface area contributed by atoms with Gasteiger partial charge in [-0.15, -0.1) is 0 Å². The fraction of sp³-hybridized carbons (Fsp3) is 0. The van der Waals surface area contributed by atoms with Crippen LogP contribution in [-0.2, 0) is 9.84 Å². The molecule has 0 aliphatic heterocycles. The van der Waals surface area contributed by atoms with Gasteiger partial charge in [-0.25, -0.2) is 13.1 Å². The zero-order valence-electron chi connectivity index (χ0n) is 8.83. The zero-order chi connectivity index (χ0) is 12.5. The zero-order valence-corrected chi connectivity index (χ0v) is 9.65. The van der Waals surface area contributed by atoms with Crippen LogP contribution in [0.5, 0.6) is 0 Å². The van der Waals surface area contributed by atoms with Gasteiger partial charge in [-0.2, -0.15) is 0 Å². The molecule has 17 heavy (non-hydrogen) atoms. The van der Waals surface area contributed by atoms with Crippen LogP contribution < -0.4 is 5.56 Å². The van der Waals surface area contributed by atoms with Crippen molar-refractivity contribution in [2.75, 3.05) is 0 Å². The molecule has 1 N–H and O–H groups in total. The van der Waals surface area contributed by atoms with E-state index in [1.807, 2.05) is 0 Å². The molecule has 0 radical (unpaired) electrons. The number of hydrogen-bond donors (Lipinski definition) is 1. The van der Waals surface area contributed by atoms with E-state index >= 15 is 0 Å². The van der Waals surface area contributed by atoms with Crippen LogP contribution in [0.1, 0.15) is 0 Å². The lowest BCUT2D eigenvalue weighted by Gasteiger charge is -2.03. The highest BCUT2D eigenvalue weighted by Gasteiger charge is 2.09. The fourth-order valence-corrected chi connectivity index (χ4v) is 2.11. The third kappa shape index (κ3) is 2.07. The lowest BCUT2D eigenvalue weighted by molar-refractivity contribution is 0.604. The normalized spacial score (nSPS) is 11.3. The molecule has 0 unspecified atom stereocenters. The van der Waals surface area contributed by atoms with E-state index in [1.165, 1.54) is 29.1 Å². The van der Waals surface area contributed by atoms with E-state index in [2.05, 4.69) is 11.7 Å². The molecule has 0 saturated heterocycles. The van der Waals surface area contributed by atoms with Gasteiger partial charge < -0.3 is 0 Å². The van der Waals surface area contributed by atoms with Crippen molar-refractivity contribution in [2.24, 2.45) is 0 Å². The Bertz CT molecular complexity index is 693. The SMILES string of the molecule is C=CS(=O)(=O)c1ccc(-n2[nH]ccc2=O)cc1. The molecule has 0 atom stereocenters. The lowest BCUT2D eigenvalue weighted by atomic mass is 10.3. The molecule has 0 saturated carbocycles. The first-order valence-electron chi connectivity index (χ1n) is 4.79. The maximum atomic E-state index is 11.5. The summed E-state index contributed by atoms with van der Waals surface area (Å²) in [5.41, 5.74) is 0.368. The summed E-state index contributed by atoms with van der Waals surface area (Å²) >= 11 is 0. The predicted octanol–water partition coefficient (Wildman–Crippen LogP) is 1.08. The van der Waals surface area contributed by atoms with Crippen molar-refractivity contribution in [1.29, 1.82) is 0 Å². The van der Waals surface area contributed by atoms with Crippen LogP contribution >= 0.6 is 0 Å². The molecular weight excluding hydrogens is 240 g/mol. The summed E-state index contributed by atoms with van der Waals surface area (Å²) in [6, 6.07) is 7.34. The van der Waals surface area contributed by atoms with E-state index in [-0.39, 0.29) is 10.5 Å². The van der Waals surface area contributed by atoms with Crippen LogP contribution in [0, 0.1) is 0 Å². The van der Waals surface area contributed by atoms with Gasteiger partial charge in [0.1, 0.15) is 0 Å². The minimum atomic E-state index is -3.43. The molecule has 6 heteroatoms. The molecule has 0 aliphatic rings. The van der Waals surface area contributed by atoms with Crippen LogP contribution in [0.2, 0.25) is 0 Å². The number of benzene rings is 1. The third-order valence-corrected chi connectivity index (χ3v) is 3.66. The highest BCUT2D eigenvalue weighted by molar-refractivity contribution is 7.94. The minimum absolute atomic E-state index is 0.149. The second-order valence-electron chi connectivity index (χ2n) is 3.34.